The van der Waals surface area contributed by atoms with Gasteiger partial charge in [-0.05, 0) is 11.8 Å². The van der Waals surface area contributed by atoms with Crippen LogP contribution in [0.25, 0.3) is 0 Å². The van der Waals surface area contributed by atoms with Crippen molar-refractivity contribution in [2.75, 3.05) is 5.88 Å². The number of rotatable bonds is 2. The molecule has 0 aromatic heterocycles. The van der Waals surface area contributed by atoms with E-state index in [0.29, 0.717) is 5.88 Å². The van der Waals surface area contributed by atoms with Crippen molar-refractivity contribution >= 4 is 23.4 Å². The van der Waals surface area contributed by atoms with Crippen molar-refractivity contribution in [3.8, 4) is 5.40 Å². The second-order valence-corrected chi connectivity index (χ2v) is 2.71. The van der Waals surface area contributed by atoms with Crippen molar-refractivity contribution in [1.29, 1.82) is 5.26 Å². The molecule has 7 heavy (non-hydrogen) atoms. The first-order chi connectivity index (χ1) is 3.31. The van der Waals surface area contributed by atoms with Crippen LogP contribution in [0.2, 0.25) is 0 Å². The molecule has 1 nitrogen and oxygen atoms in total. The fourth-order valence-corrected chi connectivity index (χ4v) is 0.553. The third-order valence-corrected chi connectivity index (χ3v) is 1.79. The van der Waals surface area contributed by atoms with Crippen LogP contribution in [0, 0.1) is 10.7 Å². The summed E-state index contributed by atoms with van der Waals surface area (Å²) < 4.78 is 0. The molecule has 0 aromatic rings. The Morgan fingerprint density at radius 2 is 2.57 bits per heavy atom. The average molecular weight is 136 g/mol. The Kier molecular flexibility index (Phi) is 4.37. The van der Waals surface area contributed by atoms with Gasteiger partial charge in [0.15, 0.2) is 0 Å². The van der Waals surface area contributed by atoms with Gasteiger partial charge in [0.05, 0.1) is 0 Å². The molecule has 0 heterocycles. The SMILES string of the molecule is CC(CCl)SC#N. The van der Waals surface area contributed by atoms with Gasteiger partial charge in [-0.25, -0.2) is 0 Å². The highest BCUT2D eigenvalue weighted by Crippen LogP contribution is 2.07. The Morgan fingerprint density at radius 1 is 2.00 bits per heavy atom. The number of thioether (sulfide) groups is 1. The molecule has 0 aliphatic rings. The summed E-state index contributed by atoms with van der Waals surface area (Å²) in [5.41, 5.74) is 0. The quantitative estimate of drug-likeness (QED) is 0.426. The summed E-state index contributed by atoms with van der Waals surface area (Å²) in [5.74, 6) is 0.554. The van der Waals surface area contributed by atoms with Crippen LogP contribution in [0.5, 0.6) is 0 Å². The standard InChI is InChI=1S/C4H6ClNS/c1-4(2-5)7-3-6/h4H,2H2,1H3. The van der Waals surface area contributed by atoms with Crippen molar-refractivity contribution in [3.05, 3.63) is 0 Å². The highest BCUT2D eigenvalue weighted by molar-refractivity contribution is 8.04. The summed E-state index contributed by atoms with van der Waals surface area (Å²) in [7, 11) is 0. The van der Waals surface area contributed by atoms with E-state index in [1.807, 2.05) is 12.3 Å². The first-order valence-electron chi connectivity index (χ1n) is 1.92. The van der Waals surface area contributed by atoms with E-state index in [1.54, 1.807) is 0 Å². The van der Waals surface area contributed by atoms with Gasteiger partial charge in [0.1, 0.15) is 5.40 Å². The van der Waals surface area contributed by atoms with Crippen molar-refractivity contribution in [2.45, 2.75) is 12.2 Å². The van der Waals surface area contributed by atoms with Crippen LogP contribution in [0.1, 0.15) is 6.92 Å². The van der Waals surface area contributed by atoms with E-state index in [2.05, 4.69) is 0 Å². The second-order valence-electron chi connectivity index (χ2n) is 1.17. The molecule has 40 valence electrons. The van der Waals surface area contributed by atoms with Gasteiger partial charge in [0.2, 0.25) is 0 Å². The molecule has 0 aromatic carbocycles. The molecule has 1 atom stereocenters. The fraction of sp³-hybridized carbons (Fsp3) is 0.750. The molecule has 0 amide bonds. The van der Waals surface area contributed by atoms with Gasteiger partial charge in [-0.15, -0.1) is 11.6 Å². The predicted molar refractivity (Wildman–Crippen MR) is 33.4 cm³/mol. The third kappa shape index (κ3) is 3.97. The summed E-state index contributed by atoms with van der Waals surface area (Å²) in [6.07, 6.45) is 0. The first-order valence-corrected chi connectivity index (χ1v) is 3.33. The van der Waals surface area contributed by atoms with Crippen molar-refractivity contribution < 1.29 is 0 Å². The van der Waals surface area contributed by atoms with E-state index >= 15 is 0 Å². The predicted octanol–water partition coefficient (Wildman–Crippen LogP) is 1.83. The molecular formula is C4H6ClNS. The third-order valence-electron chi connectivity index (χ3n) is 0.471. The molecule has 0 N–H and O–H groups in total. The lowest BCUT2D eigenvalue weighted by molar-refractivity contribution is 1.13. The molecule has 0 spiro atoms. The number of alkyl halides is 1. The van der Waals surface area contributed by atoms with Crippen molar-refractivity contribution in [3.63, 3.8) is 0 Å². The van der Waals surface area contributed by atoms with E-state index < -0.39 is 0 Å². The maximum absolute atomic E-state index is 8.02. The van der Waals surface area contributed by atoms with Gasteiger partial charge in [-0.2, -0.15) is 5.26 Å². The largest absolute Gasteiger partial charge is 0.185 e. The maximum atomic E-state index is 8.02. The fourth-order valence-electron chi connectivity index (χ4n) is 0.121. The van der Waals surface area contributed by atoms with Gasteiger partial charge in [-0.1, -0.05) is 6.92 Å². The monoisotopic (exact) mass is 135 g/mol. The zero-order valence-electron chi connectivity index (χ0n) is 4.02. The first kappa shape index (κ1) is 7.13. The number of nitrogens with zero attached hydrogens (tertiary/aromatic N) is 1. The van der Waals surface area contributed by atoms with E-state index in [1.165, 1.54) is 11.8 Å². The highest BCUT2D eigenvalue weighted by atomic mass is 35.5. The van der Waals surface area contributed by atoms with Gasteiger partial charge in [-0.3, -0.25) is 0 Å². The van der Waals surface area contributed by atoms with E-state index in [-0.39, 0.29) is 5.25 Å². The average Bonchev–Trinajstić information content (AvgIpc) is 1.68. The number of hydrogen-bond acceptors (Lipinski definition) is 2. The second kappa shape index (κ2) is 4.29. The smallest absolute Gasteiger partial charge is 0.133 e. The molecule has 3 heteroatoms. The molecule has 0 rings (SSSR count). The summed E-state index contributed by atoms with van der Waals surface area (Å²) in [6, 6.07) is 0. The minimum atomic E-state index is 0.270. The lowest BCUT2D eigenvalue weighted by Crippen LogP contribution is -1.93. The van der Waals surface area contributed by atoms with Crippen LogP contribution in [0.15, 0.2) is 0 Å². The summed E-state index contributed by atoms with van der Waals surface area (Å²) in [4.78, 5) is 0. The Labute approximate surface area is 52.7 Å². The molecule has 0 saturated heterocycles. The van der Waals surface area contributed by atoms with Crippen LogP contribution >= 0.6 is 23.4 Å². The summed E-state index contributed by atoms with van der Waals surface area (Å²) in [6.45, 7) is 1.92. The Balaban J connectivity index is 3.03. The molecule has 0 saturated carbocycles. The zero-order chi connectivity index (χ0) is 5.70. The molecule has 0 radical (unpaired) electrons. The topological polar surface area (TPSA) is 23.8 Å². The molecule has 0 bridgehead atoms. The van der Waals surface area contributed by atoms with Crippen molar-refractivity contribution in [1.82, 2.24) is 0 Å². The lowest BCUT2D eigenvalue weighted by Gasteiger charge is -1.94. The summed E-state index contributed by atoms with van der Waals surface area (Å²) in [5, 5.41) is 10.2. The maximum Gasteiger partial charge on any atom is 0.133 e. The number of hydrogen-bond donors (Lipinski definition) is 0. The normalized spacial score (nSPS) is 12.7. The molecule has 0 aliphatic heterocycles. The minimum Gasteiger partial charge on any atom is -0.185 e. The Morgan fingerprint density at radius 3 is 2.71 bits per heavy atom. The Bertz CT molecular complexity index is 78.2. The van der Waals surface area contributed by atoms with Crippen LogP contribution in [0.4, 0.5) is 0 Å². The van der Waals surface area contributed by atoms with Crippen LogP contribution in [-0.4, -0.2) is 11.1 Å². The number of nitriles is 1. The van der Waals surface area contributed by atoms with E-state index in [4.69, 9.17) is 16.9 Å². The van der Waals surface area contributed by atoms with Crippen LogP contribution in [0.3, 0.4) is 0 Å². The van der Waals surface area contributed by atoms with Crippen LogP contribution < -0.4 is 0 Å². The summed E-state index contributed by atoms with van der Waals surface area (Å²) >= 11 is 6.56. The Hall–Kier alpha value is 0.130. The van der Waals surface area contributed by atoms with Gasteiger partial charge >= 0.3 is 0 Å². The van der Waals surface area contributed by atoms with Gasteiger partial charge < -0.3 is 0 Å². The molecule has 1 unspecified atom stereocenters. The number of halogens is 1. The molecular weight excluding hydrogens is 130 g/mol. The van der Waals surface area contributed by atoms with E-state index in [0.717, 1.165) is 0 Å². The minimum absolute atomic E-state index is 0.270. The highest BCUT2D eigenvalue weighted by Gasteiger charge is 1.95. The lowest BCUT2D eigenvalue weighted by atomic mass is 10.6. The van der Waals surface area contributed by atoms with E-state index in [9.17, 15) is 0 Å². The van der Waals surface area contributed by atoms with Crippen LogP contribution in [-0.2, 0) is 0 Å². The number of thiocyanates is 1. The zero-order valence-corrected chi connectivity index (χ0v) is 5.59. The van der Waals surface area contributed by atoms with Gasteiger partial charge in [0, 0.05) is 11.1 Å². The van der Waals surface area contributed by atoms with Crippen molar-refractivity contribution in [2.24, 2.45) is 0 Å². The molecule has 0 aliphatic carbocycles. The molecule has 0 fully saturated rings. The van der Waals surface area contributed by atoms with Gasteiger partial charge in [0.25, 0.3) is 0 Å².